The van der Waals surface area contributed by atoms with Gasteiger partial charge in [0.1, 0.15) is 0 Å². The lowest BCUT2D eigenvalue weighted by molar-refractivity contribution is 0.202. The standard InChI is InChI=1S/C31H32N4O2/c1-3-24-13-18-30(32-21-24)33-22-27-11-16-29(17-12-27)35(28-14-9-25(10-15-28)19-20-37-2)31(36)34-23-26-7-5-4-6-8-26/h1,4-10,13-15,18,21,27,29H,11-12,16-17,19-20,23H2,2H3/p+1. The molecule has 188 valence electrons. The highest BCUT2D eigenvalue weighted by molar-refractivity contribution is 5.92. The van der Waals surface area contributed by atoms with Crippen molar-refractivity contribution >= 4 is 17.5 Å². The molecular weight excluding hydrogens is 460 g/mol. The van der Waals surface area contributed by atoms with Crippen LogP contribution in [0.5, 0.6) is 0 Å². The van der Waals surface area contributed by atoms with Gasteiger partial charge in [0.15, 0.2) is 12.3 Å². The van der Waals surface area contributed by atoms with Gasteiger partial charge >= 0.3 is 11.8 Å². The van der Waals surface area contributed by atoms with E-state index in [1.165, 1.54) is 5.56 Å². The summed E-state index contributed by atoms with van der Waals surface area (Å²) < 4.78 is 5.20. The second-order valence-electron chi connectivity index (χ2n) is 9.22. The summed E-state index contributed by atoms with van der Waals surface area (Å²) in [4.78, 5) is 24.1. The van der Waals surface area contributed by atoms with E-state index in [2.05, 4.69) is 39.3 Å². The summed E-state index contributed by atoms with van der Waals surface area (Å²) in [7, 11) is 1.71. The Labute approximate surface area is 219 Å². The van der Waals surface area contributed by atoms with Crippen molar-refractivity contribution in [2.24, 2.45) is 5.92 Å². The highest BCUT2D eigenvalue weighted by Crippen LogP contribution is 2.31. The van der Waals surface area contributed by atoms with E-state index in [0.29, 0.717) is 19.0 Å². The lowest BCUT2D eigenvalue weighted by Gasteiger charge is -2.35. The van der Waals surface area contributed by atoms with Crippen LogP contribution in [0.1, 0.15) is 42.4 Å². The third-order valence-electron chi connectivity index (χ3n) is 6.65. The van der Waals surface area contributed by atoms with Crippen LogP contribution < -0.4 is 10.2 Å². The maximum atomic E-state index is 13.5. The minimum absolute atomic E-state index is 0.0765. The van der Waals surface area contributed by atoms with Crippen LogP contribution in [0.25, 0.3) is 4.85 Å². The van der Waals surface area contributed by atoms with Gasteiger partial charge in [-0.25, -0.2) is 4.79 Å². The smallest absolute Gasteiger partial charge is 0.384 e. The number of pyridine rings is 1. The number of carbonyl (C=O) groups is 1. The third-order valence-corrected chi connectivity index (χ3v) is 6.65. The molecule has 1 heterocycles. The molecule has 3 aromatic rings. The van der Waals surface area contributed by atoms with E-state index in [1.807, 2.05) is 59.5 Å². The zero-order chi connectivity index (χ0) is 25.9. The van der Waals surface area contributed by atoms with Crippen molar-refractivity contribution in [2.75, 3.05) is 18.6 Å². The average Bonchev–Trinajstić information content (AvgIpc) is 2.96. The second kappa shape index (κ2) is 13.3. The first-order valence-electron chi connectivity index (χ1n) is 12.7. The molecule has 1 aromatic heterocycles. The highest BCUT2D eigenvalue weighted by atomic mass is 16.5. The second-order valence-corrected chi connectivity index (χ2v) is 9.22. The van der Waals surface area contributed by atoms with Crippen LogP contribution in [0.2, 0.25) is 0 Å². The van der Waals surface area contributed by atoms with E-state index in [0.717, 1.165) is 48.9 Å². The van der Waals surface area contributed by atoms with Crippen molar-refractivity contribution in [1.82, 2.24) is 10.3 Å². The summed E-state index contributed by atoms with van der Waals surface area (Å²) in [6, 6.07) is 25.1. The van der Waals surface area contributed by atoms with Crippen LogP contribution in [0.4, 0.5) is 16.3 Å². The van der Waals surface area contributed by atoms with E-state index in [9.17, 15) is 4.79 Å². The van der Waals surface area contributed by atoms with Gasteiger partial charge in [0.2, 0.25) is 0 Å². The third kappa shape index (κ3) is 7.43. The molecule has 2 amide bonds. The summed E-state index contributed by atoms with van der Waals surface area (Å²) in [6.45, 7) is 1.16. The van der Waals surface area contributed by atoms with E-state index < -0.39 is 0 Å². The Morgan fingerprint density at radius 1 is 1.05 bits per heavy atom. The highest BCUT2D eigenvalue weighted by Gasteiger charge is 2.30. The lowest BCUT2D eigenvalue weighted by atomic mass is 9.86. The van der Waals surface area contributed by atoms with Gasteiger partial charge in [0.25, 0.3) is 0 Å². The number of terminal acetylenes is 1. The van der Waals surface area contributed by atoms with Gasteiger partial charge in [-0.15, -0.1) is 6.42 Å². The summed E-state index contributed by atoms with van der Waals surface area (Å²) in [6.07, 6.45) is 11.4. The van der Waals surface area contributed by atoms with Crippen molar-refractivity contribution in [3.8, 4) is 18.4 Å². The number of hydrogen-bond acceptors (Lipinski definition) is 3. The minimum atomic E-state index is -0.0765. The first-order chi connectivity index (χ1) is 18.2. The molecule has 6 nitrogen and oxygen atoms in total. The topological polar surface area (TPSA) is 58.8 Å². The number of aromatic nitrogens is 1. The number of anilines is 1. The van der Waals surface area contributed by atoms with Crippen LogP contribution >= 0.6 is 0 Å². The number of carbonyl (C=O) groups excluding carboxylic acids is 1. The van der Waals surface area contributed by atoms with Crippen LogP contribution in [-0.4, -0.2) is 30.8 Å². The zero-order valence-electron chi connectivity index (χ0n) is 21.3. The number of rotatable bonds is 7. The van der Waals surface area contributed by atoms with Crippen LogP contribution in [-0.2, 0) is 17.7 Å². The first-order valence-corrected chi connectivity index (χ1v) is 12.7. The number of nitrogens with one attached hydrogen (secondary N) is 1. The van der Waals surface area contributed by atoms with Gasteiger partial charge in [-0.3, -0.25) is 4.90 Å². The normalized spacial score (nSPS) is 16.6. The van der Waals surface area contributed by atoms with Crippen molar-refractivity contribution in [1.29, 1.82) is 0 Å². The zero-order valence-corrected chi connectivity index (χ0v) is 21.3. The number of benzene rings is 2. The molecule has 0 saturated heterocycles. The fraction of sp³-hybridized carbons (Fsp3) is 0.323. The fourth-order valence-electron chi connectivity index (χ4n) is 4.55. The molecule has 1 saturated carbocycles. The fourth-order valence-corrected chi connectivity index (χ4v) is 4.55. The van der Waals surface area contributed by atoms with E-state index in [1.54, 1.807) is 13.3 Å². The molecule has 0 spiro atoms. The van der Waals surface area contributed by atoms with Crippen molar-refractivity contribution in [3.05, 3.63) is 94.5 Å². The van der Waals surface area contributed by atoms with Crippen molar-refractivity contribution in [3.63, 3.8) is 0 Å². The van der Waals surface area contributed by atoms with Gasteiger partial charge in [-0.2, -0.15) is 4.85 Å². The van der Waals surface area contributed by atoms with Gasteiger partial charge in [-0.1, -0.05) is 48.4 Å². The SMILES string of the molecule is C#Cc1ccc([N+]#CC2CCC(N(C(=O)NCc3ccccc3)c3ccc(CCOC)cc3)CC2)nc1. The van der Waals surface area contributed by atoms with Gasteiger partial charge in [-0.05, 0) is 66.4 Å². The number of ether oxygens (including phenoxy) is 1. The average molecular weight is 494 g/mol. The first kappa shape index (κ1) is 25.9. The number of nitrogens with zero attached hydrogens (tertiary/aromatic N) is 3. The number of amides is 2. The minimum Gasteiger partial charge on any atom is -0.384 e. The van der Waals surface area contributed by atoms with Gasteiger partial charge < -0.3 is 10.1 Å². The van der Waals surface area contributed by atoms with Gasteiger partial charge in [0, 0.05) is 25.4 Å². The molecule has 0 bridgehead atoms. The molecule has 1 aliphatic rings. The molecule has 6 heteroatoms. The number of methoxy groups -OCH3 is 1. The molecule has 0 atom stereocenters. The molecule has 1 fully saturated rings. The molecule has 4 rings (SSSR count). The lowest BCUT2D eigenvalue weighted by Crippen LogP contribution is -2.47. The quantitative estimate of drug-likeness (QED) is 0.399. The Morgan fingerprint density at radius 3 is 2.46 bits per heavy atom. The monoisotopic (exact) mass is 493 g/mol. The summed E-state index contributed by atoms with van der Waals surface area (Å²) in [5, 5.41) is 3.12. The van der Waals surface area contributed by atoms with Crippen LogP contribution in [0.15, 0.2) is 72.9 Å². The Kier molecular flexibility index (Phi) is 9.29. The molecular formula is C31H33N4O2+. The molecule has 0 aliphatic heterocycles. The van der Waals surface area contributed by atoms with Crippen LogP contribution in [0, 0.1) is 24.3 Å². The Bertz CT molecular complexity index is 1250. The number of urea groups is 1. The Morgan fingerprint density at radius 2 is 1.81 bits per heavy atom. The summed E-state index contributed by atoms with van der Waals surface area (Å²) >= 11 is 0. The molecule has 1 N–H and O–H groups in total. The number of hydrogen-bond donors (Lipinski definition) is 1. The maximum absolute atomic E-state index is 13.5. The molecule has 2 aromatic carbocycles. The van der Waals surface area contributed by atoms with E-state index in [4.69, 9.17) is 11.2 Å². The van der Waals surface area contributed by atoms with Crippen molar-refractivity contribution in [2.45, 2.75) is 44.7 Å². The Balaban J connectivity index is 1.44. The molecule has 0 radical (unpaired) electrons. The predicted octanol–water partition coefficient (Wildman–Crippen LogP) is 6.19. The van der Waals surface area contributed by atoms with E-state index >= 15 is 0 Å². The molecule has 37 heavy (non-hydrogen) atoms. The largest absolute Gasteiger partial charge is 0.425 e. The molecule has 1 aliphatic carbocycles. The maximum Gasteiger partial charge on any atom is 0.425 e. The van der Waals surface area contributed by atoms with Crippen molar-refractivity contribution < 1.29 is 9.53 Å². The predicted molar refractivity (Wildman–Crippen MR) is 148 cm³/mol. The van der Waals surface area contributed by atoms with Crippen LogP contribution in [0.3, 0.4) is 0 Å². The summed E-state index contributed by atoms with van der Waals surface area (Å²) in [5.74, 6) is 3.40. The summed E-state index contributed by atoms with van der Waals surface area (Å²) in [5.41, 5.74) is 3.90. The van der Waals surface area contributed by atoms with Gasteiger partial charge in [0.05, 0.1) is 24.2 Å². The molecule has 0 unspecified atom stereocenters. The Hall–Kier alpha value is -4.13. The van der Waals surface area contributed by atoms with E-state index in [-0.39, 0.29) is 18.0 Å².